The second-order valence-electron chi connectivity index (χ2n) is 10.7. The number of benzene rings is 3. The van der Waals surface area contributed by atoms with Gasteiger partial charge in [-0.3, -0.25) is 24.3 Å². The van der Waals surface area contributed by atoms with Gasteiger partial charge in [0, 0.05) is 44.3 Å². The third kappa shape index (κ3) is 8.56. The zero-order chi connectivity index (χ0) is 30.0. The molecule has 0 saturated carbocycles. The molecule has 0 bridgehead atoms. The highest BCUT2D eigenvalue weighted by Crippen LogP contribution is 2.24. The SMILES string of the molecule is O=C(C[C@H](C(=O)OCc1ccccc1)N1CCN(CC2CN(c3ccc(CCl)cc3)C(=O)O2)CC1)OCc1ccccc1. The summed E-state index contributed by atoms with van der Waals surface area (Å²) < 4.78 is 16.8. The van der Waals surface area contributed by atoms with Crippen molar-refractivity contribution in [2.45, 2.75) is 37.7 Å². The van der Waals surface area contributed by atoms with E-state index in [4.69, 9.17) is 25.8 Å². The molecule has 10 heteroatoms. The van der Waals surface area contributed by atoms with Gasteiger partial charge in [0.1, 0.15) is 25.4 Å². The highest BCUT2D eigenvalue weighted by Gasteiger charge is 2.36. The number of alkyl halides is 1. The molecule has 1 amide bonds. The molecule has 2 aliphatic heterocycles. The molecule has 0 aromatic heterocycles. The zero-order valence-corrected chi connectivity index (χ0v) is 24.7. The molecule has 2 atom stereocenters. The highest BCUT2D eigenvalue weighted by molar-refractivity contribution is 6.17. The average molecular weight is 606 g/mol. The Bertz CT molecular complexity index is 1350. The lowest BCUT2D eigenvalue weighted by Crippen LogP contribution is -2.54. The summed E-state index contributed by atoms with van der Waals surface area (Å²) in [6, 6.07) is 25.7. The summed E-state index contributed by atoms with van der Waals surface area (Å²) in [5.74, 6) is -0.487. The Morgan fingerprint density at radius 3 is 2.02 bits per heavy atom. The summed E-state index contributed by atoms with van der Waals surface area (Å²) in [4.78, 5) is 44.5. The molecule has 5 rings (SSSR count). The fourth-order valence-corrected chi connectivity index (χ4v) is 5.46. The minimum absolute atomic E-state index is 0.0990. The van der Waals surface area contributed by atoms with E-state index in [1.165, 1.54) is 0 Å². The molecule has 3 aromatic carbocycles. The lowest BCUT2D eigenvalue weighted by atomic mass is 10.1. The molecule has 2 heterocycles. The van der Waals surface area contributed by atoms with Gasteiger partial charge in [0.05, 0.1) is 13.0 Å². The first-order valence-corrected chi connectivity index (χ1v) is 15.0. The molecular weight excluding hydrogens is 570 g/mol. The molecule has 2 saturated heterocycles. The highest BCUT2D eigenvalue weighted by atomic mass is 35.5. The van der Waals surface area contributed by atoms with E-state index in [-0.39, 0.29) is 31.8 Å². The number of cyclic esters (lactones) is 1. The number of hydrogen-bond donors (Lipinski definition) is 0. The van der Waals surface area contributed by atoms with E-state index >= 15 is 0 Å². The molecule has 2 fully saturated rings. The minimum atomic E-state index is -0.759. The third-order valence-electron chi connectivity index (χ3n) is 7.68. The van der Waals surface area contributed by atoms with E-state index in [0.29, 0.717) is 45.1 Å². The smallest absolute Gasteiger partial charge is 0.414 e. The summed E-state index contributed by atoms with van der Waals surface area (Å²) in [5.41, 5.74) is 3.52. The van der Waals surface area contributed by atoms with Crippen LogP contribution in [0.1, 0.15) is 23.1 Å². The van der Waals surface area contributed by atoms with E-state index in [9.17, 15) is 14.4 Å². The number of amides is 1. The number of rotatable bonds is 12. The zero-order valence-electron chi connectivity index (χ0n) is 24.0. The maximum Gasteiger partial charge on any atom is 0.414 e. The van der Waals surface area contributed by atoms with Crippen molar-refractivity contribution < 1.29 is 28.6 Å². The van der Waals surface area contributed by atoms with Gasteiger partial charge in [-0.2, -0.15) is 0 Å². The molecule has 9 nitrogen and oxygen atoms in total. The molecule has 1 unspecified atom stereocenters. The van der Waals surface area contributed by atoms with Gasteiger partial charge in [-0.15, -0.1) is 11.6 Å². The van der Waals surface area contributed by atoms with Gasteiger partial charge in [0.2, 0.25) is 0 Å². The number of esters is 2. The predicted molar refractivity (Wildman–Crippen MR) is 163 cm³/mol. The van der Waals surface area contributed by atoms with Gasteiger partial charge in [0.15, 0.2) is 0 Å². The van der Waals surface area contributed by atoms with Gasteiger partial charge < -0.3 is 14.2 Å². The molecule has 43 heavy (non-hydrogen) atoms. The van der Waals surface area contributed by atoms with E-state index in [1.807, 2.05) is 89.8 Å². The fraction of sp³-hybridized carbons (Fsp3) is 0.364. The monoisotopic (exact) mass is 605 g/mol. The molecule has 2 aliphatic rings. The summed E-state index contributed by atoms with van der Waals surface area (Å²) in [7, 11) is 0. The van der Waals surface area contributed by atoms with Crippen molar-refractivity contribution in [3.63, 3.8) is 0 Å². The quantitative estimate of drug-likeness (QED) is 0.168. The topological polar surface area (TPSA) is 88.6 Å². The number of carbonyl (C=O) groups excluding carboxylic acids is 3. The number of carbonyl (C=O) groups is 3. The van der Waals surface area contributed by atoms with Crippen molar-refractivity contribution in [2.75, 3.05) is 44.2 Å². The maximum absolute atomic E-state index is 13.3. The van der Waals surface area contributed by atoms with Crippen LogP contribution in [-0.2, 0) is 42.9 Å². The Morgan fingerprint density at radius 2 is 1.42 bits per heavy atom. The van der Waals surface area contributed by atoms with Crippen molar-refractivity contribution >= 4 is 35.3 Å². The normalized spacial score (nSPS) is 18.2. The number of ether oxygens (including phenoxy) is 3. The summed E-state index contributed by atoms with van der Waals surface area (Å²) >= 11 is 5.89. The lowest BCUT2D eigenvalue weighted by molar-refractivity contribution is -0.159. The molecular formula is C33H36ClN3O6. The Balaban J connectivity index is 1.15. The first-order valence-electron chi connectivity index (χ1n) is 14.5. The number of nitrogens with zero attached hydrogens (tertiary/aromatic N) is 3. The second-order valence-corrected chi connectivity index (χ2v) is 11.0. The largest absolute Gasteiger partial charge is 0.461 e. The molecule has 0 radical (unpaired) electrons. The molecule has 0 spiro atoms. The van der Waals surface area contributed by atoms with Crippen LogP contribution in [0.15, 0.2) is 84.9 Å². The van der Waals surface area contributed by atoms with Crippen molar-refractivity contribution in [1.82, 2.24) is 9.80 Å². The standard InChI is InChI=1S/C33H36ClN3O6/c34-20-25-11-13-28(14-12-25)37-22-29(43-33(37)40)21-35-15-17-36(18-16-35)30(32(39)42-24-27-9-5-2-6-10-27)19-31(38)41-23-26-7-3-1-4-8-26/h1-14,29-30H,15-24H2/t29?,30-/m1/s1. The van der Waals surface area contributed by atoms with E-state index in [1.54, 1.807) is 4.90 Å². The lowest BCUT2D eigenvalue weighted by Gasteiger charge is -2.38. The Morgan fingerprint density at radius 1 is 0.814 bits per heavy atom. The number of hydrogen-bond acceptors (Lipinski definition) is 8. The number of halogens is 1. The molecule has 3 aromatic rings. The van der Waals surface area contributed by atoms with Crippen LogP contribution in [0.2, 0.25) is 0 Å². The summed E-state index contributed by atoms with van der Waals surface area (Å²) in [6.45, 7) is 3.74. The second kappa shape index (κ2) is 15.0. The maximum atomic E-state index is 13.3. The first-order chi connectivity index (χ1) is 21.0. The van der Waals surface area contributed by atoms with Crippen molar-refractivity contribution in [3.8, 4) is 0 Å². The molecule has 226 valence electrons. The van der Waals surface area contributed by atoms with E-state index in [0.717, 1.165) is 22.4 Å². The Hall–Kier alpha value is -3.92. The molecule has 0 N–H and O–H groups in total. The van der Waals surface area contributed by atoms with Gasteiger partial charge in [-0.25, -0.2) is 4.79 Å². The summed E-state index contributed by atoms with van der Waals surface area (Å²) in [6.07, 6.45) is -0.734. The van der Waals surface area contributed by atoms with Crippen LogP contribution in [0, 0.1) is 0 Å². The van der Waals surface area contributed by atoms with Crippen molar-refractivity contribution in [3.05, 3.63) is 102 Å². The number of anilines is 1. The van der Waals surface area contributed by atoms with Crippen LogP contribution < -0.4 is 4.90 Å². The average Bonchev–Trinajstić information content (AvgIpc) is 3.42. The van der Waals surface area contributed by atoms with Crippen LogP contribution in [-0.4, -0.2) is 79.2 Å². The van der Waals surface area contributed by atoms with E-state index < -0.39 is 18.0 Å². The van der Waals surface area contributed by atoms with Gasteiger partial charge in [-0.05, 0) is 28.8 Å². The van der Waals surface area contributed by atoms with Gasteiger partial charge in [0.25, 0.3) is 0 Å². The predicted octanol–water partition coefficient (Wildman–Crippen LogP) is 4.61. The van der Waals surface area contributed by atoms with Crippen molar-refractivity contribution in [1.29, 1.82) is 0 Å². The summed E-state index contributed by atoms with van der Waals surface area (Å²) in [5, 5.41) is 0. The number of piperazine rings is 1. The Labute approximate surface area is 256 Å². The van der Waals surface area contributed by atoms with E-state index in [2.05, 4.69) is 4.90 Å². The van der Waals surface area contributed by atoms with Crippen LogP contribution in [0.25, 0.3) is 0 Å². The van der Waals surface area contributed by atoms with Crippen LogP contribution in [0.3, 0.4) is 0 Å². The minimum Gasteiger partial charge on any atom is -0.461 e. The van der Waals surface area contributed by atoms with Gasteiger partial charge in [-0.1, -0.05) is 72.8 Å². The van der Waals surface area contributed by atoms with Crippen LogP contribution in [0.4, 0.5) is 10.5 Å². The third-order valence-corrected chi connectivity index (χ3v) is 7.99. The molecule has 0 aliphatic carbocycles. The van der Waals surface area contributed by atoms with Gasteiger partial charge >= 0.3 is 18.0 Å². The van der Waals surface area contributed by atoms with Crippen molar-refractivity contribution in [2.24, 2.45) is 0 Å². The Kier molecular flexibility index (Phi) is 10.7. The van der Waals surface area contributed by atoms with Crippen LogP contribution >= 0.6 is 11.6 Å². The fourth-order valence-electron chi connectivity index (χ4n) is 5.28. The first kappa shape index (κ1) is 30.5. The van der Waals surface area contributed by atoms with Crippen LogP contribution in [0.5, 0.6) is 0 Å².